The summed E-state index contributed by atoms with van der Waals surface area (Å²) in [5.41, 5.74) is 7.33. The van der Waals surface area contributed by atoms with Crippen molar-refractivity contribution in [2.75, 3.05) is 23.3 Å². The summed E-state index contributed by atoms with van der Waals surface area (Å²) in [5, 5.41) is 4.03. The minimum atomic E-state index is -0.487. The number of benzene rings is 1. The first-order valence-corrected chi connectivity index (χ1v) is 9.26. The maximum atomic E-state index is 12.7. The number of nitrogens with one attached hydrogen (secondary N) is 1. The number of rotatable bonds is 4. The second-order valence-electron chi connectivity index (χ2n) is 6.93. The lowest BCUT2D eigenvalue weighted by molar-refractivity contribution is -0.120. The molecule has 1 aromatic carbocycles. The summed E-state index contributed by atoms with van der Waals surface area (Å²) >= 11 is 0. The van der Waals surface area contributed by atoms with E-state index >= 15 is 0 Å². The van der Waals surface area contributed by atoms with Crippen LogP contribution in [0, 0.1) is 5.92 Å². The molecule has 28 heavy (non-hydrogen) atoms. The number of hydrogen-bond donors (Lipinski definition) is 2. The van der Waals surface area contributed by atoms with Gasteiger partial charge in [0.2, 0.25) is 11.8 Å². The molecule has 4 rings (SSSR count). The fourth-order valence-electron chi connectivity index (χ4n) is 3.49. The number of amides is 2. The fraction of sp³-hybridized carbons (Fsp3) is 0.238. The van der Waals surface area contributed by atoms with E-state index in [2.05, 4.69) is 20.2 Å². The Morgan fingerprint density at radius 2 is 1.89 bits per heavy atom. The number of primary amides is 1. The van der Waals surface area contributed by atoms with Crippen molar-refractivity contribution in [1.82, 2.24) is 9.97 Å². The van der Waals surface area contributed by atoms with Crippen LogP contribution in [0.25, 0.3) is 10.9 Å². The smallest absolute Gasteiger partial charge is 0.250 e. The van der Waals surface area contributed by atoms with Gasteiger partial charge in [-0.1, -0.05) is 6.07 Å². The van der Waals surface area contributed by atoms with Crippen LogP contribution in [0.5, 0.6) is 0 Å². The lowest BCUT2D eigenvalue weighted by atomic mass is 9.95. The standard InChI is InChI=1S/C21H21N5O2/c22-20(27)16-3-6-19(24-13-16)26-10-7-14(8-11-26)21(28)25-17-4-5-18-15(12-17)2-1-9-23-18/h1-6,9,12-14H,7-8,10-11H2,(H2,22,27)(H,25,28). The molecular weight excluding hydrogens is 354 g/mol. The van der Waals surface area contributed by atoms with E-state index in [9.17, 15) is 9.59 Å². The SMILES string of the molecule is NC(=O)c1ccc(N2CCC(C(=O)Nc3ccc4ncccc4c3)CC2)nc1. The summed E-state index contributed by atoms with van der Waals surface area (Å²) in [4.78, 5) is 34.5. The van der Waals surface area contributed by atoms with Crippen molar-refractivity contribution in [1.29, 1.82) is 0 Å². The highest BCUT2D eigenvalue weighted by atomic mass is 16.2. The van der Waals surface area contributed by atoms with Gasteiger partial charge in [0.1, 0.15) is 5.82 Å². The van der Waals surface area contributed by atoms with Crippen LogP contribution in [0.15, 0.2) is 54.9 Å². The van der Waals surface area contributed by atoms with Gasteiger partial charge >= 0.3 is 0 Å². The van der Waals surface area contributed by atoms with E-state index in [0.717, 1.165) is 48.3 Å². The van der Waals surface area contributed by atoms with Crippen molar-refractivity contribution in [3.8, 4) is 0 Å². The Labute approximate surface area is 162 Å². The van der Waals surface area contributed by atoms with Crippen molar-refractivity contribution >= 4 is 34.2 Å². The Morgan fingerprint density at radius 1 is 1.07 bits per heavy atom. The van der Waals surface area contributed by atoms with Gasteiger partial charge in [0, 0.05) is 42.5 Å². The molecule has 0 unspecified atom stereocenters. The molecule has 142 valence electrons. The third-order valence-electron chi connectivity index (χ3n) is 5.09. The maximum absolute atomic E-state index is 12.7. The van der Waals surface area contributed by atoms with Crippen LogP contribution >= 0.6 is 0 Å². The largest absolute Gasteiger partial charge is 0.366 e. The van der Waals surface area contributed by atoms with Crippen LogP contribution in [0.2, 0.25) is 0 Å². The average Bonchev–Trinajstić information content (AvgIpc) is 2.74. The monoisotopic (exact) mass is 375 g/mol. The van der Waals surface area contributed by atoms with Gasteiger partial charge in [-0.25, -0.2) is 4.98 Å². The number of aromatic nitrogens is 2. The Bertz CT molecular complexity index is 1010. The Balaban J connectivity index is 1.36. The minimum absolute atomic E-state index is 0.0364. The highest BCUT2D eigenvalue weighted by Crippen LogP contribution is 2.24. The highest BCUT2D eigenvalue weighted by molar-refractivity contribution is 5.95. The molecule has 0 bridgehead atoms. The molecule has 0 radical (unpaired) electrons. The lowest BCUT2D eigenvalue weighted by Crippen LogP contribution is -2.38. The summed E-state index contributed by atoms with van der Waals surface area (Å²) in [7, 11) is 0. The fourth-order valence-corrected chi connectivity index (χ4v) is 3.49. The zero-order chi connectivity index (χ0) is 19.5. The Morgan fingerprint density at radius 3 is 2.61 bits per heavy atom. The minimum Gasteiger partial charge on any atom is -0.366 e. The number of pyridine rings is 2. The predicted molar refractivity (Wildman–Crippen MR) is 108 cm³/mol. The molecule has 0 saturated carbocycles. The number of fused-ring (bicyclic) bond motifs is 1. The number of carbonyl (C=O) groups is 2. The van der Waals surface area contributed by atoms with Gasteiger partial charge in [0.05, 0.1) is 11.1 Å². The molecule has 7 heteroatoms. The molecule has 2 aromatic heterocycles. The van der Waals surface area contributed by atoms with Gasteiger partial charge in [-0.05, 0) is 49.2 Å². The summed E-state index contributed by atoms with van der Waals surface area (Å²) in [6, 6.07) is 13.1. The van der Waals surface area contributed by atoms with Gasteiger partial charge < -0.3 is 16.0 Å². The molecule has 0 spiro atoms. The number of nitrogens with two attached hydrogens (primary N) is 1. The topological polar surface area (TPSA) is 101 Å². The third-order valence-corrected chi connectivity index (χ3v) is 5.09. The Kier molecular flexibility index (Phi) is 4.89. The third kappa shape index (κ3) is 3.78. The van der Waals surface area contributed by atoms with E-state index in [4.69, 9.17) is 5.73 Å². The molecule has 1 saturated heterocycles. The van der Waals surface area contributed by atoms with Crippen LogP contribution < -0.4 is 16.0 Å². The van der Waals surface area contributed by atoms with Crippen LogP contribution in [0.4, 0.5) is 11.5 Å². The number of anilines is 2. The van der Waals surface area contributed by atoms with Gasteiger partial charge in [-0.15, -0.1) is 0 Å². The van der Waals surface area contributed by atoms with Gasteiger partial charge in [-0.3, -0.25) is 14.6 Å². The van der Waals surface area contributed by atoms with Crippen molar-refractivity contribution < 1.29 is 9.59 Å². The summed E-state index contributed by atoms with van der Waals surface area (Å²) < 4.78 is 0. The molecule has 3 heterocycles. The molecule has 0 aliphatic carbocycles. The molecule has 1 aliphatic heterocycles. The number of carbonyl (C=O) groups excluding carboxylic acids is 2. The lowest BCUT2D eigenvalue weighted by Gasteiger charge is -2.32. The van der Waals surface area contributed by atoms with E-state index in [-0.39, 0.29) is 11.8 Å². The molecular formula is C21H21N5O2. The predicted octanol–water partition coefficient (Wildman–Crippen LogP) is 2.58. The summed E-state index contributed by atoms with van der Waals surface area (Å²) in [6.45, 7) is 1.48. The van der Waals surface area contributed by atoms with E-state index in [1.165, 1.54) is 6.20 Å². The van der Waals surface area contributed by atoms with Crippen molar-refractivity contribution in [2.24, 2.45) is 11.7 Å². The highest BCUT2D eigenvalue weighted by Gasteiger charge is 2.25. The summed E-state index contributed by atoms with van der Waals surface area (Å²) in [6.07, 6.45) is 4.75. The second-order valence-corrected chi connectivity index (χ2v) is 6.93. The summed E-state index contributed by atoms with van der Waals surface area (Å²) in [5.74, 6) is 0.315. The van der Waals surface area contributed by atoms with Gasteiger partial charge in [-0.2, -0.15) is 0 Å². The van der Waals surface area contributed by atoms with E-state index in [0.29, 0.717) is 5.56 Å². The van der Waals surface area contributed by atoms with Crippen LogP contribution in [-0.4, -0.2) is 34.9 Å². The number of piperidine rings is 1. The van der Waals surface area contributed by atoms with Gasteiger partial charge in [0.15, 0.2) is 0 Å². The molecule has 2 amide bonds. The molecule has 0 atom stereocenters. The molecule has 3 aromatic rings. The van der Waals surface area contributed by atoms with Crippen LogP contribution in [0.1, 0.15) is 23.2 Å². The van der Waals surface area contributed by atoms with Gasteiger partial charge in [0.25, 0.3) is 0 Å². The van der Waals surface area contributed by atoms with Crippen molar-refractivity contribution in [2.45, 2.75) is 12.8 Å². The molecule has 3 N–H and O–H groups in total. The first kappa shape index (κ1) is 17.9. The van der Waals surface area contributed by atoms with Crippen LogP contribution in [-0.2, 0) is 4.79 Å². The normalized spacial score (nSPS) is 14.8. The number of nitrogens with zero attached hydrogens (tertiary/aromatic N) is 3. The first-order chi connectivity index (χ1) is 13.6. The zero-order valence-electron chi connectivity index (χ0n) is 15.3. The zero-order valence-corrected chi connectivity index (χ0v) is 15.3. The van der Waals surface area contributed by atoms with E-state index < -0.39 is 5.91 Å². The van der Waals surface area contributed by atoms with E-state index in [1.54, 1.807) is 18.3 Å². The molecule has 7 nitrogen and oxygen atoms in total. The van der Waals surface area contributed by atoms with E-state index in [1.807, 2.05) is 30.3 Å². The maximum Gasteiger partial charge on any atom is 0.250 e. The second kappa shape index (κ2) is 7.64. The molecule has 1 aliphatic rings. The molecule has 1 fully saturated rings. The first-order valence-electron chi connectivity index (χ1n) is 9.26. The number of hydrogen-bond acceptors (Lipinski definition) is 5. The van der Waals surface area contributed by atoms with Crippen molar-refractivity contribution in [3.63, 3.8) is 0 Å². The van der Waals surface area contributed by atoms with Crippen molar-refractivity contribution in [3.05, 3.63) is 60.4 Å². The average molecular weight is 375 g/mol. The Hall–Kier alpha value is -3.48. The quantitative estimate of drug-likeness (QED) is 0.730. The van der Waals surface area contributed by atoms with Crippen LogP contribution in [0.3, 0.4) is 0 Å².